The molecular weight excluding hydrogens is 291 g/mol. The molecule has 1 aliphatic rings. The number of amides is 1. The maximum absolute atomic E-state index is 11.5. The lowest BCUT2D eigenvalue weighted by Gasteiger charge is -2.11. The van der Waals surface area contributed by atoms with Crippen molar-refractivity contribution in [2.45, 2.75) is 13.3 Å². The Morgan fingerprint density at radius 2 is 2.29 bits per heavy atom. The average Bonchev–Trinajstić information content (AvgIpc) is 2.45. The smallest absolute Gasteiger partial charge is 0.253 e. The summed E-state index contributed by atoms with van der Waals surface area (Å²) in [6.07, 6.45) is 0.436. The molecule has 1 aliphatic heterocycles. The van der Waals surface area contributed by atoms with Gasteiger partial charge in [-0.2, -0.15) is 5.10 Å². The van der Waals surface area contributed by atoms with Crippen LogP contribution >= 0.6 is 22.6 Å². The highest BCUT2D eigenvalue weighted by Gasteiger charge is 2.22. The summed E-state index contributed by atoms with van der Waals surface area (Å²) in [5, 5.41) is 5.65. The van der Waals surface area contributed by atoms with Gasteiger partial charge in [0.2, 0.25) is 0 Å². The van der Waals surface area contributed by atoms with Gasteiger partial charge in [-0.1, -0.05) is 6.07 Å². The highest BCUT2D eigenvalue weighted by Crippen LogP contribution is 2.21. The van der Waals surface area contributed by atoms with Crippen molar-refractivity contribution in [3.8, 4) is 0 Å². The minimum Gasteiger partial charge on any atom is -0.272 e. The second-order valence-corrected chi connectivity index (χ2v) is 4.44. The van der Waals surface area contributed by atoms with Crippen LogP contribution in [0.2, 0.25) is 0 Å². The molecule has 0 N–H and O–H groups in total. The topological polar surface area (TPSA) is 32.7 Å². The Balaban J connectivity index is 2.36. The van der Waals surface area contributed by atoms with E-state index < -0.39 is 0 Å². The number of nitrogens with zero attached hydrogens (tertiary/aromatic N) is 2. The molecule has 1 aromatic carbocycles. The lowest BCUT2D eigenvalue weighted by Crippen LogP contribution is -2.19. The van der Waals surface area contributed by atoms with E-state index in [4.69, 9.17) is 0 Å². The van der Waals surface area contributed by atoms with E-state index in [2.05, 4.69) is 27.7 Å². The number of benzene rings is 1. The molecule has 1 aromatic rings. The standard InChI is InChI=1S/C10H9IN2O/c1-7-5-10(14)13(12-7)9-4-2-3-8(11)6-9/h2-4,6H,5H2,1H3. The Morgan fingerprint density at radius 1 is 1.50 bits per heavy atom. The summed E-state index contributed by atoms with van der Waals surface area (Å²) < 4.78 is 1.10. The van der Waals surface area contributed by atoms with Crippen molar-refractivity contribution < 1.29 is 4.79 Å². The Morgan fingerprint density at radius 3 is 2.86 bits per heavy atom. The first-order chi connectivity index (χ1) is 6.66. The summed E-state index contributed by atoms with van der Waals surface area (Å²) in [4.78, 5) is 11.5. The van der Waals surface area contributed by atoms with Crippen LogP contribution in [0, 0.1) is 3.57 Å². The van der Waals surface area contributed by atoms with E-state index in [0.717, 1.165) is 15.0 Å². The van der Waals surface area contributed by atoms with E-state index in [0.29, 0.717) is 6.42 Å². The Kier molecular flexibility index (Phi) is 2.54. The first-order valence-corrected chi connectivity index (χ1v) is 5.37. The van der Waals surface area contributed by atoms with Crippen LogP contribution in [0.1, 0.15) is 13.3 Å². The third-order valence-corrected chi connectivity index (χ3v) is 2.64. The zero-order chi connectivity index (χ0) is 10.1. The van der Waals surface area contributed by atoms with Gasteiger partial charge in [-0.15, -0.1) is 0 Å². The molecule has 0 radical (unpaired) electrons. The first-order valence-electron chi connectivity index (χ1n) is 4.29. The molecule has 0 bridgehead atoms. The fourth-order valence-electron chi connectivity index (χ4n) is 1.37. The summed E-state index contributed by atoms with van der Waals surface area (Å²) in [6.45, 7) is 1.87. The van der Waals surface area contributed by atoms with Gasteiger partial charge < -0.3 is 0 Å². The van der Waals surface area contributed by atoms with E-state index >= 15 is 0 Å². The molecule has 0 aromatic heterocycles. The molecule has 0 spiro atoms. The average molecular weight is 300 g/mol. The van der Waals surface area contributed by atoms with Crippen molar-refractivity contribution in [2.24, 2.45) is 5.10 Å². The molecule has 0 unspecified atom stereocenters. The van der Waals surface area contributed by atoms with Gasteiger partial charge in [-0.3, -0.25) is 4.79 Å². The SMILES string of the molecule is CC1=NN(c2cccc(I)c2)C(=O)C1. The van der Waals surface area contributed by atoms with E-state index in [9.17, 15) is 4.79 Å². The van der Waals surface area contributed by atoms with Crippen molar-refractivity contribution in [3.05, 3.63) is 27.8 Å². The van der Waals surface area contributed by atoms with Gasteiger partial charge in [0.1, 0.15) is 0 Å². The van der Waals surface area contributed by atoms with Crippen molar-refractivity contribution >= 4 is 39.9 Å². The van der Waals surface area contributed by atoms with E-state index in [1.807, 2.05) is 31.2 Å². The van der Waals surface area contributed by atoms with E-state index in [1.165, 1.54) is 5.01 Å². The summed E-state index contributed by atoms with van der Waals surface area (Å²) >= 11 is 2.22. The molecule has 1 heterocycles. The largest absolute Gasteiger partial charge is 0.272 e. The van der Waals surface area contributed by atoms with Crippen LogP contribution in [0.15, 0.2) is 29.4 Å². The van der Waals surface area contributed by atoms with Crippen molar-refractivity contribution in [1.29, 1.82) is 0 Å². The molecule has 3 nitrogen and oxygen atoms in total. The maximum Gasteiger partial charge on any atom is 0.253 e. The van der Waals surface area contributed by atoms with E-state index in [-0.39, 0.29) is 5.91 Å². The second-order valence-electron chi connectivity index (χ2n) is 3.20. The highest BCUT2D eigenvalue weighted by atomic mass is 127. The molecule has 72 valence electrons. The van der Waals surface area contributed by atoms with Crippen molar-refractivity contribution in [2.75, 3.05) is 5.01 Å². The van der Waals surface area contributed by atoms with Crippen LogP contribution < -0.4 is 5.01 Å². The molecule has 1 amide bonds. The van der Waals surface area contributed by atoms with Gasteiger partial charge in [0.25, 0.3) is 5.91 Å². The Labute approximate surface area is 95.9 Å². The summed E-state index contributed by atoms with van der Waals surface area (Å²) in [6, 6.07) is 7.75. The quantitative estimate of drug-likeness (QED) is 0.733. The Hall–Kier alpha value is -0.910. The van der Waals surface area contributed by atoms with Crippen LogP contribution in [0.4, 0.5) is 5.69 Å². The zero-order valence-electron chi connectivity index (χ0n) is 7.70. The molecule has 0 atom stereocenters. The number of rotatable bonds is 1. The predicted octanol–water partition coefficient (Wildman–Crippen LogP) is 2.40. The number of anilines is 1. The second kappa shape index (κ2) is 3.68. The van der Waals surface area contributed by atoms with E-state index in [1.54, 1.807) is 0 Å². The lowest BCUT2D eigenvalue weighted by molar-refractivity contribution is -0.116. The van der Waals surface area contributed by atoms with Crippen molar-refractivity contribution in [1.82, 2.24) is 0 Å². The normalized spacial score (nSPS) is 16.0. The lowest BCUT2D eigenvalue weighted by atomic mass is 10.3. The number of hydrogen-bond acceptors (Lipinski definition) is 2. The predicted molar refractivity (Wildman–Crippen MR) is 64.4 cm³/mol. The number of carbonyl (C=O) groups excluding carboxylic acids is 1. The molecule has 4 heteroatoms. The third-order valence-electron chi connectivity index (χ3n) is 1.97. The molecule has 0 aliphatic carbocycles. The fraction of sp³-hybridized carbons (Fsp3) is 0.200. The number of carbonyl (C=O) groups is 1. The molecule has 14 heavy (non-hydrogen) atoms. The van der Waals surface area contributed by atoms with Gasteiger partial charge in [0, 0.05) is 9.28 Å². The monoisotopic (exact) mass is 300 g/mol. The molecular formula is C10H9IN2O. The van der Waals surface area contributed by atoms with Gasteiger partial charge >= 0.3 is 0 Å². The fourth-order valence-corrected chi connectivity index (χ4v) is 1.89. The minimum atomic E-state index is 0.0458. The van der Waals surface area contributed by atoms with Crippen LogP contribution in [-0.2, 0) is 4.79 Å². The van der Waals surface area contributed by atoms with Crippen LogP contribution in [0.5, 0.6) is 0 Å². The first kappa shape index (κ1) is 9.64. The van der Waals surface area contributed by atoms with Gasteiger partial charge in [0.05, 0.1) is 12.1 Å². The van der Waals surface area contributed by atoms with Crippen molar-refractivity contribution in [3.63, 3.8) is 0 Å². The molecule has 0 saturated carbocycles. The van der Waals surface area contributed by atoms with Gasteiger partial charge in [0.15, 0.2) is 0 Å². The Bertz CT molecular complexity index is 414. The number of hydrazone groups is 1. The maximum atomic E-state index is 11.5. The number of halogens is 1. The molecule has 0 saturated heterocycles. The summed E-state index contributed by atoms with van der Waals surface area (Å²) in [5.41, 5.74) is 1.72. The summed E-state index contributed by atoms with van der Waals surface area (Å²) in [7, 11) is 0. The van der Waals surface area contributed by atoms with Crippen LogP contribution in [0.25, 0.3) is 0 Å². The highest BCUT2D eigenvalue weighted by molar-refractivity contribution is 14.1. The minimum absolute atomic E-state index is 0.0458. The van der Waals surface area contributed by atoms with Gasteiger partial charge in [-0.25, -0.2) is 5.01 Å². The van der Waals surface area contributed by atoms with Crippen LogP contribution in [0.3, 0.4) is 0 Å². The summed E-state index contributed by atoms with van der Waals surface area (Å²) in [5.74, 6) is 0.0458. The van der Waals surface area contributed by atoms with Gasteiger partial charge in [-0.05, 0) is 47.7 Å². The zero-order valence-corrected chi connectivity index (χ0v) is 9.85. The third kappa shape index (κ3) is 1.79. The molecule has 0 fully saturated rings. The number of hydrogen-bond donors (Lipinski definition) is 0. The molecule has 2 rings (SSSR count). The van der Waals surface area contributed by atoms with Crippen LogP contribution in [-0.4, -0.2) is 11.6 Å².